The maximum absolute atomic E-state index is 12.5. The second-order valence-corrected chi connectivity index (χ2v) is 9.78. The molecule has 2 amide bonds. The van der Waals surface area contributed by atoms with E-state index in [2.05, 4.69) is 65.8 Å². The summed E-state index contributed by atoms with van der Waals surface area (Å²) in [6.45, 7) is 4.72. The summed E-state index contributed by atoms with van der Waals surface area (Å²) in [4.78, 5) is 48.2. The topological polar surface area (TPSA) is 151 Å². The van der Waals surface area contributed by atoms with Gasteiger partial charge in [0.1, 0.15) is 12.1 Å². The van der Waals surface area contributed by atoms with Crippen LogP contribution in [0.5, 0.6) is 0 Å². The van der Waals surface area contributed by atoms with Crippen molar-refractivity contribution in [2.24, 2.45) is 0 Å². The van der Waals surface area contributed by atoms with E-state index < -0.39 is 43.2 Å². The lowest BCUT2D eigenvalue weighted by atomic mass is 10.1. The highest BCUT2D eigenvalue weighted by Crippen LogP contribution is 2.06. The molecule has 45 heavy (non-hydrogen) atoms. The molecule has 0 aliphatic heterocycles. The third kappa shape index (κ3) is 26.1. The van der Waals surface area contributed by atoms with Gasteiger partial charge in [-0.3, -0.25) is 9.59 Å². The van der Waals surface area contributed by atoms with Gasteiger partial charge in [-0.25, -0.2) is 9.59 Å². The molecule has 0 heterocycles. The number of amides is 2. The maximum atomic E-state index is 12.5. The van der Waals surface area contributed by atoms with E-state index in [-0.39, 0.29) is 18.9 Å². The number of carbonyl (C=O) groups is 4. The lowest BCUT2D eigenvalue weighted by Crippen LogP contribution is -2.43. The van der Waals surface area contributed by atoms with Crippen LogP contribution in [0, 0.1) is 0 Å². The average Bonchev–Trinajstić information content (AvgIpc) is 3.03. The van der Waals surface area contributed by atoms with Crippen molar-refractivity contribution < 1.29 is 38.9 Å². The molecule has 0 aliphatic carbocycles. The molecule has 0 bridgehead atoms. The molecule has 0 aromatic carbocycles. The van der Waals surface area contributed by atoms with E-state index >= 15 is 0 Å². The Labute approximate surface area is 268 Å². The number of rotatable bonds is 26. The number of allylic oxidation sites excluding steroid dienone is 11. The smallest absolute Gasteiger partial charge is 0.330 e. The van der Waals surface area contributed by atoms with Crippen LogP contribution in [0.3, 0.4) is 0 Å². The van der Waals surface area contributed by atoms with Crippen molar-refractivity contribution in [1.82, 2.24) is 10.6 Å². The molecular weight excluding hydrogens is 576 g/mol. The van der Waals surface area contributed by atoms with Crippen LogP contribution in [0.2, 0.25) is 0 Å². The molecule has 0 saturated carbocycles. The summed E-state index contributed by atoms with van der Waals surface area (Å²) in [6, 6.07) is -1.07. The Morgan fingerprint density at radius 3 is 1.87 bits per heavy atom. The van der Waals surface area contributed by atoms with Crippen LogP contribution in [0.4, 0.5) is 0 Å². The van der Waals surface area contributed by atoms with Crippen LogP contribution in [-0.2, 0) is 28.7 Å². The fraction of sp³-hybridized carbons (Fsp3) is 0.486. The predicted molar refractivity (Wildman–Crippen MR) is 177 cm³/mol. The number of unbranched alkanes of at least 4 members (excludes halogenated alkanes) is 1. The first-order valence-corrected chi connectivity index (χ1v) is 15.6. The Morgan fingerprint density at radius 2 is 1.33 bits per heavy atom. The molecule has 10 heteroatoms. The van der Waals surface area contributed by atoms with Crippen molar-refractivity contribution in [3.63, 3.8) is 0 Å². The lowest BCUT2D eigenvalue weighted by molar-refractivity contribution is -0.157. The Morgan fingerprint density at radius 1 is 0.778 bits per heavy atom. The number of aliphatic hydroxyl groups is 2. The molecule has 0 aromatic rings. The zero-order valence-corrected chi connectivity index (χ0v) is 26.6. The Kier molecular flexibility index (Phi) is 27.3. The number of hydrogen-bond acceptors (Lipinski definition) is 8. The monoisotopic (exact) mass is 628 g/mol. The average molecular weight is 629 g/mol. The predicted octanol–water partition coefficient (Wildman–Crippen LogP) is 4.47. The van der Waals surface area contributed by atoms with Gasteiger partial charge in [-0.05, 0) is 64.7 Å². The van der Waals surface area contributed by atoms with Gasteiger partial charge >= 0.3 is 11.9 Å². The number of hydrogen-bond donors (Lipinski definition) is 4. The molecule has 0 aromatic heterocycles. The molecule has 10 nitrogen and oxygen atoms in total. The third-order valence-electron chi connectivity index (χ3n) is 5.95. The largest absolute Gasteiger partial charge is 0.463 e. The number of ether oxygens (including phenoxy) is 2. The maximum Gasteiger partial charge on any atom is 0.330 e. The highest BCUT2D eigenvalue weighted by molar-refractivity contribution is 5.96. The number of nitrogens with one attached hydrogen (secondary N) is 2. The van der Waals surface area contributed by atoms with Gasteiger partial charge in [0, 0.05) is 25.1 Å². The van der Waals surface area contributed by atoms with Gasteiger partial charge in [0.25, 0.3) is 0 Å². The molecular formula is C35H52N2O8. The number of esters is 2. The zero-order valence-electron chi connectivity index (χ0n) is 26.6. The van der Waals surface area contributed by atoms with Crippen LogP contribution >= 0.6 is 0 Å². The van der Waals surface area contributed by atoms with E-state index in [1.165, 1.54) is 0 Å². The number of carbonyl (C=O) groups excluding carboxylic acids is 4. The second kappa shape index (κ2) is 30.0. The second-order valence-electron chi connectivity index (χ2n) is 9.78. The first-order valence-electron chi connectivity index (χ1n) is 15.6. The summed E-state index contributed by atoms with van der Waals surface area (Å²) in [5.74, 6) is -2.30. The van der Waals surface area contributed by atoms with Crippen LogP contribution in [-0.4, -0.2) is 72.5 Å². The standard InChI is InChI=1S/C35H52N2O8/c1-3-5-6-7-8-9-10-11-12-13-14-15-16-17-18-19-20-24-32(40)36-27-22-21-23-31(35(43)45-30(28-38)29-39)37-33(41)25-26-34(42)44-4-2/h3,6-7,9-10,12-13,15-16,18-19,25-26,30-31,38-39H,1,4-5,8,11,14,17,20-24,27-29H2,2H3,(H,36,40)(H,37,41). The summed E-state index contributed by atoms with van der Waals surface area (Å²) in [5, 5.41) is 23.7. The van der Waals surface area contributed by atoms with E-state index in [0.717, 1.165) is 44.3 Å². The summed E-state index contributed by atoms with van der Waals surface area (Å²) >= 11 is 0. The first-order chi connectivity index (χ1) is 21.9. The van der Waals surface area contributed by atoms with E-state index in [1.807, 2.05) is 18.2 Å². The molecule has 1 unspecified atom stereocenters. The minimum Gasteiger partial charge on any atom is -0.463 e. The Hall–Kier alpha value is -4.02. The van der Waals surface area contributed by atoms with Crippen molar-refractivity contribution in [2.75, 3.05) is 26.4 Å². The lowest BCUT2D eigenvalue weighted by Gasteiger charge is -2.20. The molecule has 250 valence electrons. The first kappa shape index (κ1) is 41.0. The number of aliphatic hydroxyl groups excluding tert-OH is 2. The zero-order chi connectivity index (χ0) is 33.4. The van der Waals surface area contributed by atoms with E-state index in [4.69, 9.17) is 9.47 Å². The van der Waals surface area contributed by atoms with Gasteiger partial charge in [-0.2, -0.15) is 0 Å². The van der Waals surface area contributed by atoms with Gasteiger partial charge in [0.05, 0.1) is 19.8 Å². The van der Waals surface area contributed by atoms with Crippen LogP contribution in [0.15, 0.2) is 85.6 Å². The summed E-state index contributed by atoms with van der Waals surface area (Å²) in [5.41, 5.74) is 0. The van der Waals surface area contributed by atoms with Crippen LogP contribution < -0.4 is 10.6 Å². The molecule has 0 fully saturated rings. The highest BCUT2D eigenvalue weighted by Gasteiger charge is 2.24. The quantitative estimate of drug-likeness (QED) is 0.0474. The van der Waals surface area contributed by atoms with Crippen molar-refractivity contribution in [3.05, 3.63) is 85.6 Å². The van der Waals surface area contributed by atoms with E-state index in [9.17, 15) is 29.4 Å². The molecule has 0 spiro atoms. The van der Waals surface area contributed by atoms with Gasteiger partial charge in [0.15, 0.2) is 0 Å². The molecule has 1 atom stereocenters. The van der Waals surface area contributed by atoms with Crippen molar-refractivity contribution in [2.45, 2.75) is 83.3 Å². The third-order valence-corrected chi connectivity index (χ3v) is 5.95. The normalized spacial score (nSPS) is 12.7. The molecule has 0 aliphatic rings. The molecule has 0 saturated heterocycles. The Bertz CT molecular complexity index is 1020. The van der Waals surface area contributed by atoms with Gasteiger partial charge in [-0.1, -0.05) is 66.8 Å². The van der Waals surface area contributed by atoms with Crippen molar-refractivity contribution in [3.8, 4) is 0 Å². The van der Waals surface area contributed by atoms with Gasteiger partial charge in [0.2, 0.25) is 11.8 Å². The SMILES string of the molecule is C=CCC=CCC=CCC=CCC=CCC=CCCC(=O)NCCCCC(NC(=O)C=CC(=O)OCC)C(=O)OC(CO)CO. The molecule has 0 rings (SSSR count). The summed E-state index contributed by atoms with van der Waals surface area (Å²) < 4.78 is 9.75. The van der Waals surface area contributed by atoms with E-state index in [1.54, 1.807) is 6.92 Å². The molecule has 4 N–H and O–H groups in total. The molecule has 0 radical (unpaired) electrons. The minimum absolute atomic E-state index is 0.0794. The van der Waals surface area contributed by atoms with Gasteiger partial charge in [-0.15, -0.1) is 6.58 Å². The fourth-order valence-electron chi connectivity index (χ4n) is 3.58. The van der Waals surface area contributed by atoms with Crippen LogP contribution in [0.1, 0.15) is 71.1 Å². The van der Waals surface area contributed by atoms with E-state index in [0.29, 0.717) is 32.2 Å². The van der Waals surface area contributed by atoms with Crippen LogP contribution in [0.25, 0.3) is 0 Å². The summed E-state index contributed by atoms with van der Waals surface area (Å²) in [7, 11) is 0. The minimum atomic E-state index is -1.11. The summed E-state index contributed by atoms with van der Waals surface area (Å²) in [6.07, 6.45) is 30.4. The Balaban J connectivity index is 4.27. The highest BCUT2D eigenvalue weighted by atomic mass is 16.6. The van der Waals surface area contributed by atoms with Gasteiger partial charge < -0.3 is 30.3 Å². The fourth-order valence-corrected chi connectivity index (χ4v) is 3.58. The van der Waals surface area contributed by atoms with Crippen molar-refractivity contribution >= 4 is 23.8 Å². The van der Waals surface area contributed by atoms with Crippen molar-refractivity contribution in [1.29, 1.82) is 0 Å².